The van der Waals surface area contributed by atoms with Crippen molar-refractivity contribution >= 4 is 27.7 Å². The molecule has 1 aliphatic heterocycles. The van der Waals surface area contributed by atoms with Gasteiger partial charge in [-0.3, -0.25) is 10.2 Å². The third-order valence-corrected chi connectivity index (χ3v) is 3.58. The maximum absolute atomic E-state index is 12.0. The molecule has 7 heteroatoms. The second-order valence-electron chi connectivity index (χ2n) is 4.71. The molecule has 2 N–H and O–H groups in total. The summed E-state index contributed by atoms with van der Waals surface area (Å²) in [5.74, 6) is 1.16. The van der Waals surface area contributed by atoms with E-state index in [1.54, 1.807) is 6.20 Å². The van der Waals surface area contributed by atoms with E-state index in [9.17, 15) is 4.79 Å². The number of halogens is 1. The van der Waals surface area contributed by atoms with E-state index in [1.807, 2.05) is 22.8 Å². The Balaban J connectivity index is 2.05. The lowest BCUT2D eigenvalue weighted by molar-refractivity contribution is 0.0972. The lowest BCUT2D eigenvalue weighted by Crippen LogP contribution is -2.27. The van der Waals surface area contributed by atoms with Gasteiger partial charge in [-0.15, -0.1) is 0 Å². The van der Waals surface area contributed by atoms with Crippen LogP contribution in [0.25, 0.3) is 11.4 Å². The van der Waals surface area contributed by atoms with Gasteiger partial charge in [0.25, 0.3) is 5.91 Å². The number of hydrogen-bond donors (Lipinski definition) is 2. The van der Waals surface area contributed by atoms with E-state index in [1.165, 1.54) is 6.92 Å². The highest BCUT2D eigenvalue weighted by atomic mass is 79.9. The van der Waals surface area contributed by atoms with Gasteiger partial charge in [-0.25, -0.2) is 4.98 Å². The summed E-state index contributed by atoms with van der Waals surface area (Å²) in [5.41, 5.74) is 1.15. The van der Waals surface area contributed by atoms with Crippen LogP contribution in [0.5, 0.6) is 5.75 Å². The number of benzene rings is 1. The van der Waals surface area contributed by atoms with Gasteiger partial charge >= 0.3 is 0 Å². The molecule has 1 aromatic carbocycles. The number of ether oxygens (including phenoxy) is 1. The second kappa shape index (κ2) is 5.33. The zero-order valence-electron chi connectivity index (χ0n) is 11.3. The quantitative estimate of drug-likeness (QED) is 0.613. The van der Waals surface area contributed by atoms with Crippen LogP contribution in [0.4, 0.5) is 0 Å². The monoisotopic (exact) mass is 348 g/mol. The molecule has 2 aromatic rings. The van der Waals surface area contributed by atoms with Gasteiger partial charge in [0.15, 0.2) is 0 Å². The average Bonchev–Trinajstić information content (AvgIpc) is 2.75. The number of amides is 1. The van der Waals surface area contributed by atoms with Gasteiger partial charge in [-0.2, -0.15) is 0 Å². The maximum Gasteiger partial charge on any atom is 0.276 e. The Morgan fingerprint density at radius 3 is 3.10 bits per heavy atom. The third kappa shape index (κ3) is 2.69. The number of nitrogens with one attached hydrogen (secondary N) is 2. The second-order valence-corrected chi connectivity index (χ2v) is 5.63. The van der Waals surface area contributed by atoms with Crippen LogP contribution in [0.1, 0.15) is 17.4 Å². The van der Waals surface area contributed by atoms with E-state index in [4.69, 9.17) is 10.1 Å². The highest BCUT2D eigenvalue weighted by molar-refractivity contribution is 9.10. The number of carbonyl (C=O) groups is 1. The normalized spacial score (nSPS) is 12.7. The van der Waals surface area contributed by atoms with Crippen molar-refractivity contribution in [3.8, 4) is 17.1 Å². The average molecular weight is 349 g/mol. The minimum atomic E-state index is -0.373. The number of imidazole rings is 1. The Kier molecular flexibility index (Phi) is 3.50. The molecule has 1 aliphatic rings. The number of amidine groups is 1. The fraction of sp³-hybridized carbons (Fsp3) is 0.214. The summed E-state index contributed by atoms with van der Waals surface area (Å²) >= 11 is 3.42. The van der Waals surface area contributed by atoms with E-state index in [0.717, 1.165) is 15.8 Å². The molecular formula is C14H13BrN4O2. The van der Waals surface area contributed by atoms with Crippen LogP contribution in [-0.2, 0) is 6.54 Å². The molecule has 0 radical (unpaired) electrons. The van der Waals surface area contributed by atoms with Crippen molar-refractivity contribution in [2.75, 3.05) is 6.61 Å². The Bertz CT molecular complexity index is 739. The van der Waals surface area contributed by atoms with Crippen LogP contribution in [-0.4, -0.2) is 27.9 Å². The number of carbonyl (C=O) groups excluding carboxylic acids is 1. The molecule has 0 atom stereocenters. The Morgan fingerprint density at radius 1 is 1.52 bits per heavy atom. The first kappa shape index (κ1) is 13.8. The van der Waals surface area contributed by atoms with Crippen molar-refractivity contribution in [1.82, 2.24) is 14.9 Å². The summed E-state index contributed by atoms with van der Waals surface area (Å²) in [6.07, 6.45) is 1.69. The minimum Gasteiger partial charge on any atom is -0.491 e. The SMILES string of the molecule is CC(=N)NC(=O)c1cn2c(n1)-c1ccc(Br)cc1OCC2. The van der Waals surface area contributed by atoms with Crippen LogP contribution in [0.2, 0.25) is 0 Å². The first-order chi connectivity index (χ1) is 10.0. The predicted molar refractivity (Wildman–Crippen MR) is 81.7 cm³/mol. The minimum absolute atomic E-state index is 0.0934. The Labute approximate surface area is 129 Å². The Hall–Kier alpha value is -2.15. The van der Waals surface area contributed by atoms with Gasteiger partial charge in [0.1, 0.15) is 23.9 Å². The lowest BCUT2D eigenvalue weighted by Gasteiger charge is -2.06. The highest BCUT2D eigenvalue weighted by Crippen LogP contribution is 2.34. The van der Waals surface area contributed by atoms with Crippen molar-refractivity contribution in [2.24, 2.45) is 0 Å². The fourth-order valence-corrected chi connectivity index (χ4v) is 2.54. The number of hydrogen-bond acceptors (Lipinski definition) is 4. The van der Waals surface area contributed by atoms with Gasteiger partial charge in [0.05, 0.1) is 17.9 Å². The van der Waals surface area contributed by atoms with Gasteiger partial charge in [0.2, 0.25) is 0 Å². The van der Waals surface area contributed by atoms with E-state index < -0.39 is 0 Å². The molecule has 0 aliphatic carbocycles. The molecule has 2 heterocycles. The molecule has 6 nitrogen and oxygen atoms in total. The number of fused-ring (bicyclic) bond motifs is 3. The maximum atomic E-state index is 12.0. The summed E-state index contributed by atoms with van der Waals surface area (Å²) in [5, 5.41) is 9.77. The van der Waals surface area contributed by atoms with Gasteiger partial charge < -0.3 is 14.6 Å². The molecule has 21 heavy (non-hydrogen) atoms. The molecule has 1 aromatic heterocycles. The van der Waals surface area contributed by atoms with E-state index in [0.29, 0.717) is 24.7 Å². The summed E-state index contributed by atoms with van der Waals surface area (Å²) in [7, 11) is 0. The van der Waals surface area contributed by atoms with Crippen LogP contribution >= 0.6 is 15.9 Å². The smallest absolute Gasteiger partial charge is 0.276 e. The summed E-state index contributed by atoms with van der Waals surface area (Å²) < 4.78 is 8.54. The van der Waals surface area contributed by atoms with Crippen molar-refractivity contribution in [2.45, 2.75) is 13.5 Å². The molecule has 0 spiro atoms. The van der Waals surface area contributed by atoms with Crippen LogP contribution in [0.15, 0.2) is 28.9 Å². The molecule has 1 amide bonds. The first-order valence-corrected chi connectivity index (χ1v) is 7.20. The van der Waals surface area contributed by atoms with Gasteiger partial charge in [-0.1, -0.05) is 15.9 Å². The molecule has 0 saturated carbocycles. The van der Waals surface area contributed by atoms with Crippen molar-refractivity contribution < 1.29 is 9.53 Å². The fourth-order valence-electron chi connectivity index (χ4n) is 2.20. The number of aromatic nitrogens is 2. The summed E-state index contributed by atoms with van der Waals surface area (Å²) in [6.45, 7) is 2.64. The van der Waals surface area contributed by atoms with Gasteiger partial charge in [0, 0.05) is 10.7 Å². The van der Waals surface area contributed by atoms with Crippen LogP contribution < -0.4 is 10.1 Å². The van der Waals surface area contributed by atoms with E-state index in [2.05, 4.69) is 26.2 Å². The molecule has 0 bridgehead atoms. The van der Waals surface area contributed by atoms with Crippen molar-refractivity contribution in [1.29, 1.82) is 5.41 Å². The largest absolute Gasteiger partial charge is 0.491 e. The number of rotatable bonds is 1. The highest BCUT2D eigenvalue weighted by Gasteiger charge is 2.21. The predicted octanol–water partition coefficient (Wildman–Crippen LogP) is 2.43. The third-order valence-electron chi connectivity index (χ3n) is 3.08. The Morgan fingerprint density at radius 2 is 2.33 bits per heavy atom. The molecule has 3 rings (SSSR count). The molecule has 0 saturated heterocycles. The van der Waals surface area contributed by atoms with Crippen LogP contribution in [0.3, 0.4) is 0 Å². The summed E-state index contributed by atoms with van der Waals surface area (Å²) in [4.78, 5) is 16.4. The lowest BCUT2D eigenvalue weighted by atomic mass is 10.2. The molecule has 0 fully saturated rings. The molecule has 108 valence electrons. The van der Waals surface area contributed by atoms with E-state index >= 15 is 0 Å². The zero-order chi connectivity index (χ0) is 15.0. The van der Waals surface area contributed by atoms with Gasteiger partial charge in [-0.05, 0) is 25.1 Å². The van der Waals surface area contributed by atoms with Crippen molar-refractivity contribution in [3.05, 3.63) is 34.6 Å². The van der Waals surface area contributed by atoms with Crippen molar-refractivity contribution in [3.63, 3.8) is 0 Å². The van der Waals surface area contributed by atoms with E-state index in [-0.39, 0.29) is 11.7 Å². The summed E-state index contributed by atoms with van der Waals surface area (Å²) in [6, 6.07) is 5.71. The first-order valence-electron chi connectivity index (χ1n) is 6.41. The van der Waals surface area contributed by atoms with Crippen LogP contribution in [0, 0.1) is 5.41 Å². The molecule has 0 unspecified atom stereocenters. The zero-order valence-corrected chi connectivity index (χ0v) is 12.9. The molecular weight excluding hydrogens is 336 g/mol. The topological polar surface area (TPSA) is 80.0 Å². The standard InChI is InChI=1S/C14H13BrN4O2/c1-8(16)17-14(20)11-7-19-4-5-21-12-6-9(15)2-3-10(12)13(19)18-11/h2-3,6-7H,4-5H2,1H3,(H2,16,17,20). The number of nitrogens with zero attached hydrogens (tertiary/aromatic N) is 2.